The second-order valence-electron chi connectivity index (χ2n) is 6.78. The van der Waals surface area contributed by atoms with Crippen molar-refractivity contribution in [1.29, 1.82) is 0 Å². The maximum absolute atomic E-state index is 12.3. The van der Waals surface area contributed by atoms with E-state index >= 15 is 0 Å². The minimum atomic E-state index is -0.158. The van der Waals surface area contributed by atoms with Crippen molar-refractivity contribution >= 4 is 11.8 Å². The Bertz CT molecular complexity index is 798. The molecule has 28 heavy (non-hydrogen) atoms. The van der Waals surface area contributed by atoms with E-state index in [0.717, 1.165) is 30.8 Å². The molecule has 3 rings (SSSR count). The van der Waals surface area contributed by atoms with Gasteiger partial charge in [-0.05, 0) is 61.2 Å². The molecule has 1 atom stereocenters. The highest BCUT2D eigenvalue weighted by Crippen LogP contribution is 2.13. The summed E-state index contributed by atoms with van der Waals surface area (Å²) in [6, 6.07) is 14.4. The molecule has 2 N–H and O–H groups in total. The second-order valence-corrected chi connectivity index (χ2v) is 6.78. The molecule has 0 saturated carbocycles. The van der Waals surface area contributed by atoms with Gasteiger partial charge in [-0.1, -0.05) is 12.1 Å². The van der Waals surface area contributed by atoms with Gasteiger partial charge in [0.25, 0.3) is 11.8 Å². The average Bonchev–Trinajstić information content (AvgIpc) is 3.26. The standard InChI is InChI=1S/C22H26N2O4/c1-27-19-5-2-4-16(14-19)11-12-23-21(25)17-7-9-18(10-8-17)22(26)24-15-20-6-3-13-28-20/h2,4-5,7-10,14,20H,3,6,11-13,15H2,1H3,(H,23,25)(H,24,26). The molecule has 1 aliphatic rings. The first-order valence-corrected chi connectivity index (χ1v) is 9.56. The van der Waals surface area contributed by atoms with Crippen molar-refractivity contribution in [2.24, 2.45) is 0 Å². The van der Waals surface area contributed by atoms with Crippen LogP contribution in [0.5, 0.6) is 5.75 Å². The van der Waals surface area contributed by atoms with Crippen molar-refractivity contribution < 1.29 is 19.1 Å². The number of benzene rings is 2. The van der Waals surface area contributed by atoms with Gasteiger partial charge < -0.3 is 20.1 Å². The number of amides is 2. The number of nitrogens with one attached hydrogen (secondary N) is 2. The molecule has 0 spiro atoms. The van der Waals surface area contributed by atoms with E-state index in [1.54, 1.807) is 31.4 Å². The highest BCUT2D eigenvalue weighted by atomic mass is 16.5. The molecule has 148 valence electrons. The maximum Gasteiger partial charge on any atom is 0.251 e. The smallest absolute Gasteiger partial charge is 0.251 e. The summed E-state index contributed by atoms with van der Waals surface area (Å²) in [4.78, 5) is 24.5. The second kappa shape index (κ2) is 9.90. The topological polar surface area (TPSA) is 76.7 Å². The van der Waals surface area contributed by atoms with Crippen LogP contribution in [0, 0.1) is 0 Å². The van der Waals surface area contributed by atoms with Gasteiger partial charge in [0.2, 0.25) is 0 Å². The minimum absolute atomic E-state index is 0.110. The minimum Gasteiger partial charge on any atom is -0.497 e. The van der Waals surface area contributed by atoms with E-state index in [2.05, 4.69) is 10.6 Å². The van der Waals surface area contributed by atoms with Crippen molar-refractivity contribution in [3.05, 3.63) is 65.2 Å². The van der Waals surface area contributed by atoms with Gasteiger partial charge in [-0.15, -0.1) is 0 Å². The van der Waals surface area contributed by atoms with Gasteiger partial charge in [-0.25, -0.2) is 0 Å². The Kier molecular flexibility index (Phi) is 7.03. The van der Waals surface area contributed by atoms with Gasteiger partial charge in [0.1, 0.15) is 5.75 Å². The summed E-state index contributed by atoms with van der Waals surface area (Å²) in [5.74, 6) is 0.492. The molecule has 1 aliphatic heterocycles. The Labute approximate surface area is 165 Å². The molecule has 1 unspecified atom stereocenters. The number of methoxy groups -OCH3 is 1. The zero-order valence-corrected chi connectivity index (χ0v) is 16.1. The van der Waals surface area contributed by atoms with Crippen LogP contribution >= 0.6 is 0 Å². The normalized spacial score (nSPS) is 15.8. The van der Waals surface area contributed by atoms with E-state index in [9.17, 15) is 9.59 Å². The van der Waals surface area contributed by atoms with Crippen molar-refractivity contribution in [3.63, 3.8) is 0 Å². The third-order valence-corrected chi connectivity index (χ3v) is 4.76. The van der Waals surface area contributed by atoms with E-state index < -0.39 is 0 Å². The molecule has 0 aromatic heterocycles. The fourth-order valence-electron chi connectivity index (χ4n) is 3.14. The third kappa shape index (κ3) is 5.57. The highest BCUT2D eigenvalue weighted by Gasteiger charge is 2.16. The summed E-state index contributed by atoms with van der Waals surface area (Å²) < 4.78 is 10.7. The summed E-state index contributed by atoms with van der Waals surface area (Å²) in [5.41, 5.74) is 2.16. The number of rotatable bonds is 8. The van der Waals surface area contributed by atoms with E-state index in [0.29, 0.717) is 30.6 Å². The Morgan fingerprint density at radius 2 is 1.79 bits per heavy atom. The molecule has 1 fully saturated rings. The zero-order valence-electron chi connectivity index (χ0n) is 16.1. The van der Waals surface area contributed by atoms with Crippen LogP contribution in [0.4, 0.5) is 0 Å². The Morgan fingerprint density at radius 1 is 1.07 bits per heavy atom. The molecular formula is C22H26N2O4. The van der Waals surface area contributed by atoms with E-state index in [4.69, 9.17) is 9.47 Å². The molecule has 2 aromatic carbocycles. The van der Waals surface area contributed by atoms with Crippen LogP contribution in [0.25, 0.3) is 0 Å². The van der Waals surface area contributed by atoms with Gasteiger partial charge in [-0.3, -0.25) is 9.59 Å². The first-order valence-electron chi connectivity index (χ1n) is 9.56. The predicted octanol–water partition coefficient (Wildman–Crippen LogP) is 2.58. The molecule has 1 heterocycles. The van der Waals surface area contributed by atoms with Crippen LogP contribution in [0.3, 0.4) is 0 Å². The lowest BCUT2D eigenvalue weighted by molar-refractivity contribution is 0.0857. The molecule has 6 nitrogen and oxygen atoms in total. The third-order valence-electron chi connectivity index (χ3n) is 4.76. The molecule has 2 amide bonds. The van der Waals surface area contributed by atoms with Gasteiger partial charge in [0.05, 0.1) is 13.2 Å². The predicted molar refractivity (Wildman–Crippen MR) is 107 cm³/mol. The van der Waals surface area contributed by atoms with Crippen molar-refractivity contribution in [3.8, 4) is 5.75 Å². The van der Waals surface area contributed by atoms with Gasteiger partial charge in [-0.2, -0.15) is 0 Å². The first-order chi connectivity index (χ1) is 13.7. The summed E-state index contributed by atoms with van der Waals surface area (Å²) in [7, 11) is 1.63. The molecular weight excluding hydrogens is 356 g/mol. The number of ether oxygens (including phenoxy) is 2. The van der Waals surface area contributed by atoms with Crippen molar-refractivity contribution in [1.82, 2.24) is 10.6 Å². The van der Waals surface area contributed by atoms with Crippen molar-refractivity contribution in [2.45, 2.75) is 25.4 Å². The first kappa shape index (κ1) is 19.9. The van der Waals surface area contributed by atoms with E-state index in [-0.39, 0.29) is 17.9 Å². The molecule has 0 aliphatic carbocycles. The summed E-state index contributed by atoms with van der Waals surface area (Å²) in [5, 5.41) is 5.78. The van der Waals surface area contributed by atoms with Crippen LogP contribution in [0.1, 0.15) is 39.1 Å². The Morgan fingerprint density at radius 3 is 2.43 bits per heavy atom. The Hall–Kier alpha value is -2.86. The Balaban J connectivity index is 1.45. The number of carbonyl (C=O) groups excluding carboxylic acids is 2. The number of carbonyl (C=O) groups is 2. The molecule has 0 bridgehead atoms. The van der Waals surface area contributed by atoms with Crippen LogP contribution in [-0.4, -0.2) is 44.7 Å². The van der Waals surface area contributed by atoms with E-state index in [1.807, 2.05) is 24.3 Å². The summed E-state index contributed by atoms with van der Waals surface area (Å²) >= 11 is 0. The molecule has 6 heteroatoms. The number of hydrogen-bond acceptors (Lipinski definition) is 4. The lowest BCUT2D eigenvalue weighted by Crippen LogP contribution is -2.31. The van der Waals surface area contributed by atoms with Gasteiger partial charge >= 0.3 is 0 Å². The summed E-state index contributed by atoms with van der Waals surface area (Å²) in [6.07, 6.45) is 2.85. The SMILES string of the molecule is COc1cccc(CCNC(=O)c2ccc(C(=O)NCC3CCCO3)cc2)c1. The molecule has 0 radical (unpaired) electrons. The van der Waals surface area contributed by atoms with Crippen molar-refractivity contribution in [2.75, 3.05) is 26.8 Å². The fourth-order valence-corrected chi connectivity index (χ4v) is 3.14. The fraction of sp³-hybridized carbons (Fsp3) is 0.364. The van der Waals surface area contributed by atoms with Crippen LogP contribution < -0.4 is 15.4 Å². The van der Waals surface area contributed by atoms with E-state index in [1.165, 1.54) is 0 Å². The highest BCUT2D eigenvalue weighted by molar-refractivity contribution is 5.97. The van der Waals surface area contributed by atoms with Gasteiger partial charge in [0.15, 0.2) is 0 Å². The van der Waals surface area contributed by atoms with Crippen LogP contribution in [0.15, 0.2) is 48.5 Å². The zero-order chi connectivity index (χ0) is 19.8. The average molecular weight is 382 g/mol. The quantitative estimate of drug-likeness (QED) is 0.736. The monoisotopic (exact) mass is 382 g/mol. The van der Waals surface area contributed by atoms with Crippen LogP contribution in [0.2, 0.25) is 0 Å². The lowest BCUT2D eigenvalue weighted by atomic mass is 10.1. The largest absolute Gasteiger partial charge is 0.497 e. The number of hydrogen-bond donors (Lipinski definition) is 2. The van der Waals surface area contributed by atoms with Gasteiger partial charge in [0, 0.05) is 30.8 Å². The summed E-state index contributed by atoms with van der Waals surface area (Å²) in [6.45, 7) is 1.81. The molecule has 2 aromatic rings. The molecule has 1 saturated heterocycles. The lowest BCUT2D eigenvalue weighted by Gasteiger charge is -2.11. The van der Waals surface area contributed by atoms with Crippen LogP contribution in [-0.2, 0) is 11.2 Å². The maximum atomic E-state index is 12.3.